The molecule has 0 radical (unpaired) electrons. The van der Waals surface area contributed by atoms with Gasteiger partial charge in [0, 0.05) is 13.0 Å². The highest BCUT2D eigenvalue weighted by molar-refractivity contribution is 5.05. The predicted molar refractivity (Wildman–Crippen MR) is 117 cm³/mol. The number of rotatable bonds is 20. The molecule has 0 N–H and O–H groups in total. The molecule has 0 spiro atoms. The molecule has 0 bridgehead atoms. The number of furan rings is 1. The summed E-state index contributed by atoms with van der Waals surface area (Å²) in [7, 11) is 0. The van der Waals surface area contributed by atoms with Gasteiger partial charge in [0.1, 0.15) is 18.1 Å². The van der Waals surface area contributed by atoms with E-state index < -0.39 is 0 Å². The van der Waals surface area contributed by atoms with Gasteiger partial charge in [-0.15, -0.1) is 0 Å². The Labute approximate surface area is 169 Å². The van der Waals surface area contributed by atoms with E-state index in [1.165, 1.54) is 103 Å². The monoisotopic (exact) mass is 378 g/mol. The van der Waals surface area contributed by atoms with Crippen LogP contribution >= 0.6 is 0 Å². The first kappa shape index (κ1) is 24.3. The average molecular weight is 379 g/mol. The van der Waals surface area contributed by atoms with Crippen LogP contribution in [0, 0.1) is 0 Å². The fourth-order valence-corrected chi connectivity index (χ4v) is 3.61. The molecule has 0 aliphatic heterocycles. The van der Waals surface area contributed by atoms with Crippen LogP contribution in [0.25, 0.3) is 0 Å². The number of ether oxygens (including phenoxy) is 1. The number of hydrogen-bond acceptors (Lipinski definition) is 2. The molecule has 1 aromatic rings. The predicted octanol–water partition coefficient (Wildman–Crippen LogP) is 8.62. The van der Waals surface area contributed by atoms with E-state index in [4.69, 9.17) is 9.15 Å². The smallest absolute Gasteiger partial charge is 0.129 e. The van der Waals surface area contributed by atoms with Crippen molar-refractivity contribution in [1.82, 2.24) is 0 Å². The van der Waals surface area contributed by atoms with E-state index in [1.54, 1.807) is 0 Å². The van der Waals surface area contributed by atoms with Gasteiger partial charge in [-0.25, -0.2) is 0 Å². The van der Waals surface area contributed by atoms with Gasteiger partial charge in [-0.2, -0.15) is 0 Å². The summed E-state index contributed by atoms with van der Waals surface area (Å²) in [4.78, 5) is 0. The zero-order chi connectivity index (χ0) is 19.4. The first-order valence-electron chi connectivity index (χ1n) is 12.0. The third-order valence-corrected chi connectivity index (χ3v) is 5.45. The maximum Gasteiger partial charge on any atom is 0.129 e. The third kappa shape index (κ3) is 14.9. The SMILES string of the molecule is CCCCCCCCCCCCCCCCCCOCc1ccc(CC)o1. The average Bonchev–Trinajstić information content (AvgIpc) is 3.15. The largest absolute Gasteiger partial charge is 0.464 e. The molecule has 0 aromatic carbocycles. The number of aryl methyl sites for hydroxylation is 1. The van der Waals surface area contributed by atoms with Gasteiger partial charge in [-0.3, -0.25) is 0 Å². The fourth-order valence-electron chi connectivity index (χ4n) is 3.61. The Bertz CT molecular complexity index is 410. The van der Waals surface area contributed by atoms with Crippen LogP contribution in [0.15, 0.2) is 16.5 Å². The zero-order valence-electron chi connectivity index (χ0n) is 18.4. The molecule has 2 heteroatoms. The second-order valence-electron chi connectivity index (χ2n) is 8.08. The van der Waals surface area contributed by atoms with Crippen molar-refractivity contribution in [2.45, 2.75) is 130 Å². The highest BCUT2D eigenvalue weighted by atomic mass is 16.5. The maximum absolute atomic E-state index is 5.70. The van der Waals surface area contributed by atoms with Gasteiger partial charge >= 0.3 is 0 Å². The summed E-state index contributed by atoms with van der Waals surface area (Å²) < 4.78 is 11.3. The Balaban J connectivity index is 1.71. The Hall–Kier alpha value is -0.760. The summed E-state index contributed by atoms with van der Waals surface area (Å²) >= 11 is 0. The van der Waals surface area contributed by atoms with E-state index in [2.05, 4.69) is 13.8 Å². The van der Waals surface area contributed by atoms with Gasteiger partial charge in [0.05, 0.1) is 0 Å². The quantitative estimate of drug-likeness (QED) is 0.212. The van der Waals surface area contributed by atoms with Crippen LogP contribution in [-0.2, 0) is 17.8 Å². The summed E-state index contributed by atoms with van der Waals surface area (Å²) in [6, 6.07) is 4.08. The molecule has 0 unspecified atom stereocenters. The zero-order valence-corrected chi connectivity index (χ0v) is 18.4. The molecule has 0 amide bonds. The van der Waals surface area contributed by atoms with Crippen LogP contribution in [0.1, 0.15) is 128 Å². The van der Waals surface area contributed by atoms with E-state index in [1.807, 2.05) is 12.1 Å². The lowest BCUT2D eigenvalue weighted by Crippen LogP contribution is -1.94. The minimum Gasteiger partial charge on any atom is -0.464 e. The molecular formula is C25H46O2. The molecule has 0 atom stereocenters. The normalized spacial score (nSPS) is 11.3. The topological polar surface area (TPSA) is 22.4 Å². The Morgan fingerprint density at radius 2 is 1.04 bits per heavy atom. The standard InChI is InChI=1S/C25H46O2/c1-3-5-6-7-8-9-10-11-12-13-14-15-16-17-18-19-22-26-23-25-21-20-24(4-2)27-25/h20-21H,3-19,22-23H2,1-2H3. The molecule has 1 aromatic heterocycles. The van der Waals surface area contributed by atoms with Crippen LogP contribution in [0.5, 0.6) is 0 Å². The van der Waals surface area contributed by atoms with Gasteiger partial charge < -0.3 is 9.15 Å². The lowest BCUT2D eigenvalue weighted by atomic mass is 10.0. The molecule has 1 rings (SSSR count). The highest BCUT2D eigenvalue weighted by Crippen LogP contribution is 2.14. The van der Waals surface area contributed by atoms with Gasteiger partial charge in [0.2, 0.25) is 0 Å². The molecule has 0 saturated heterocycles. The highest BCUT2D eigenvalue weighted by Gasteiger charge is 2.00. The molecule has 0 fully saturated rings. The van der Waals surface area contributed by atoms with Crippen LogP contribution in [0.2, 0.25) is 0 Å². The van der Waals surface area contributed by atoms with Crippen LogP contribution < -0.4 is 0 Å². The van der Waals surface area contributed by atoms with Crippen molar-refractivity contribution in [2.24, 2.45) is 0 Å². The summed E-state index contributed by atoms with van der Waals surface area (Å²) in [6.07, 6.45) is 23.5. The minimum absolute atomic E-state index is 0.624. The number of hydrogen-bond donors (Lipinski definition) is 0. The molecule has 27 heavy (non-hydrogen) atoms. The first-order valence-corrected chi connectivity index (χ1v) is 12.0. The molecule has 0 aliphatic carbocycles. The van der Waals surface area contributed by atoms with Gasteiger partial charge in [-0.05, 0) is 18.6 Å². The Kier molecular flexibility index (Phi) is 16.7. The molecule has 158 valence electrons. The van der Waals surface area contributed by atoms with E-state index in [0.717, 1.165) is 24.5 Å². The summed E-state index contributed by atoms with van der Waals surface area (Å²) in [6.45, 7) is 5.89. The second kappa shape index (κ2) is 18.6. The van der Waals surface area contributed by atoms with Crippen molar-refractivity contribution in [1.29, 1.82) is 0 Å². The lowest BCUT2D eigenvalue weighted by molar-refractivity contribution is 0.101. The van der Waals surface area contributed by atoms with Crippen LogP contribution in [0.3, 0.4) is 0 Å². The van der Waals surface area contributed by atoms with Crippen molar-refractivity contribution in [3.63, 3.8) is 0 Å². The van der Waals surface area contributed by atoms with E-state index in [0.29, 0.717) is 6.61 Å². The first-order chi connectivity index (χ1) is 13.4. The minimum atomic E-state index is 0.624. The van der Waals surface area contributed by atoms with E-state index in [9.17, 15) is 0 Å². The van der Waals surface area contributed by atoms with E-state index >= 15 is 0 Å². The summed E-state index contributed by atoms with van der Waals surface area (Å²) in [5, 5.41) is 0. The van der Waals surface area contributed by atoms with Crippen molar-refractivity contribution in [3.05, 3.63) is 23.7 Å². The van der Waals surface area contributed by atoms with Gasteiger partial charge in [0.15, 0.2) is 0 Å². The van der Waals surface area contributed by atoms with Crippen molar-refractivity contribution in [2.75, 3.05) is 6.61 Å². The van der Waals surface area contributed by atoms with E-state index in [-0.39, 0.29) is 0 Å². The summed E-state index contributed by atoms with van der Waals surface area (Å²) in [5.74, 6) is 2.01. The van der Waals surface area contributed by atoms with Gasteiger partial charge in [-0.1, -0.05) is 110 Å². The number of unbranched alkanes of at least 4 members (excludes halogenated alkanes) is 15. The Morgan fingerprint density at radius 3 is 1.48 bits per heavy atom. The van der Waals surface area contributed by atoms with Crippen LogP contribution in [-0.4, -0.2) is 6.61 Å². The molecule has 2 nitrogen and oxygen atoms in total. The van der Waals surface area contributed by atoms with Crippen molar-refractivity contribution >= 4 is 0 Å². The molecule has 0 saturated carbocycles. The fraction of sp³-hybridized carbons (Fsp3) is 0.840. The Morgan fingerprint density at radius 1 is 0.593 bits per heavy atom. The van der Waals surface area contributed by atoms with Crippen LogP contribution in [0.4, 0.5) is 0 Å². The summed E-state index contributed by atoms with van der Waals surface area (Å²) in [5.41, 5.74) is 0. The lowest BCUT2D eigenvalue weighted by Gasteiger charge is -2.04. The second-order valence-corrected chi connectivity index (χ2v) is 8.08. The van der Waals surface area contributed by atoms with Crippen molar-refractivity contribution < 1.29 is 9.15 Å². The third-order valence-electron chi connectivity index (χ3n) is 5.45. The van der Waals surface area contributed by atoms with Gasteiger partial charge in [0.25, 0.3) is 0 Å². The molecule has 0 aliphatic rings. The maximum atomic E-state index is 5.70. The van der Waals surface area contributed by atoms with Crippen molar-refractivity contribution in [3.8, 4) is 0 Å². The molecular weight excluding hydrogens is 332 g/mol. The molecule has 1 heterocycles.